The monoisotopic (exact) mass is 591 g/mol. The van der Waals surface area contributed by atoms with Gasteiger partial charge in [0.1, 0.15) is 5.54 Å². The molecule has 4 amide bonds. The lowest BCUT2D eigenvalue weighted by molar-refractivity contribution is -0.274. The Labute approximate surface area is 228 Å². The van der Waals surface area contributed by atoms with Crippen molar-refractivity contribution in [3.8, 4) is 5.75 Å². The third-order valence-corrected chi connectivity index (χ3v) is 5.76. The average Bonchev–Trinajstić information content (AvgIpc) is 3.01. The number of esters is 1. The Hall–Kier alpha value is -4.41. The Morgan fingerprint density at radius 2 is 1.66 bits per heavy atom. The molecule has 1 aliphatic rings. The van der Waals surface area contributed by atoms with Gasteiger partial charge in [-0.1, -0.05) is 0 Å². The van der Waals surface area contributed by atoms with Gasteiger partial charge in [0, 0.05) is 18.9 Å². The Kier molecular flexibility index (Phi) is 8.52. The van der Waals surface area contributed by atoms with Gasteiger partial charge >= 0.3 is 24.5 Å². The standard InChI is InChI=1S/C24H23F6N5O6/c1-22(2)19(37)35(21(39)34(22)12-13-7-9-31-10-8-13)14-5-6-16(41-24(28,29)30)15(11-14)32-17(36)18(33(3)4)40-20(38)23(25,26)27/h5-11,18H,12H2,1-4H3,(H,32,36). The molecule has 1 aliphatic heterocycles. The van der Waals surface area contributed by atoms with Crippen LogP contribution in [-0.2, 0) is 25.7 Å². The van der Waals surface area contributed by atoms with Gasteiger partial charge in [-0.2, -0.15) is 13.2 Å². The lowest BCUT2D eigenvalue weighted by Crippen LogP contribution is -2.45. The number of likely N-dealkylation sites (N-methyl/N-ethyl adjacent to an activating group) is 1. The summed E-state index contributed by atoms with van der Waals surface area (Å²) < 4.78 is 85.4. The van der Waals surface area contributed by atoms with Crippen LogP contribution in [0.3, 0.4) is 0 Å². The summed E-state index contributed by atoms with van der Waals surface area (Å²) in [7, 11) is 2.14. The maximum absolute atomic E-state index is 13.3. The van der Waals surface area contributed by atoms with Crippen molar-refractivity contribution in [3.63, 3.8) is 0 Å². The van der Waals surface area contributed by atoms with Crippen LogP contribution >= 0.6 is 0 Å². The lowest BCUT2D eigenvalue weighted by Gasteiger charge is -2.27. The van der Waals surface area contributed by atoms with E-state index >= 15 is 0 Å². The zero-order valence-electron chi connectivity index (χ0n) is 21.8. The normalized spacial score (nSPS) is 16.2. The second-order valence-electron chi connectivity index (χ2n) is 9.36. The van der Waals surface area contributed by atoms with Crippen LogP contribution in [0.5, 0.6) is 5.75 Å². The van der Waals surface area contributed by atoms with Crippen LogP contribution in [0.1, 0.15) is 19.4 Å². The molecule has 0 aliphatic carbocycles. The number of pyridine rings is 1. The van der Waals surface area contributed by atoms with E-state index in [1.165, 1.54) is 31.1 Å². The summed E-state index contributed by atoms with van der Waals surface area (Å²) in [6, 6.07) is 4.82. The highest BCUT2D eigenvalue weighted by Crippen LogP contribution is 2.38. The number of alkyl halides is 6. The number of nitrogens with zero attached hydrogens (tertiary/aromatic N) is 4. The number of urea groups is 1. The number of aromatic nitrogens is 1. The van der Waals surface area contributed by atoms with Gasteiger partial charge in [-0.15, -0.1) is 13.2 Å². The Balaban J connectivity index is 1.99. The minimum atomic E-state index is -5.47. The molecule has 2 aromatic rings. The molecule has 222 valence electrons. The van der Waals surface area contributed by atoms with E-state index in [9.17, 15) is 45.5 Å². The number of rotatable bonds is 8. The van der Waals surface area contributed by atoms with E-state index in [0.29, 0.717) is 16.5 Å². The van der Waals surface area contributed by atoms with Gasteiger partial charge in [0.2, 0.25) is 6.23 Å². The summed E-state index contributed by atoms with van der Waals surface area (Å²) in [4.78, 5) is 57.2. The van der Waals surface area contributed by atoms with Crippen LogP contribution < -0.4 is 15.0 Å². The molecule has 11 nitrogen and oxygen atoms in total. The highest BCUT2D eigenvalue weighted by atomic mass is 19.4. The maximum atomic E-state index is 13.3. The van der Waals surface area contributed by atoms with Gasteiger partial charge in [-0.3, -0.25) is 19.5 Å². The predicted molar refractivity (Wildman–Crippen MR) is 128 cm³/mol. The first-order valence-electron chi connectivity index (χ1n) is 11.5. The Bertz CT molecular complexity index is 1330. The number of carbonyl (C=O) groups excluding carboxylic acids is 4. The number of halogens is 6. The second kappa shape index (κ2) is 11.2. The molecule has 1 saturated heterocycles. The minimum absolute atomic E-state index is 0.0233. The Morgan fingerprint density at radius 1 is 1.05 bits per heavy atom. The molecule has 1 aromatic heterocycles. The number of anilines is 2. The molecule has 1 N–H and O–H groups in total. The maximum Gasteiger partial charge on any atom is 0.573 e. The highest BCUT2D eigenvalue weighted by Gasteiger charge is 2.52. The number of nitrogens with one attached hydrogen (secondary N) is 1. The van der Waals surface area contributed by atoms with E-state index < -0.39 is 59.6 Å². The third-order valence-electron chi connectivity index (χ3n) is 5.76. The molecule has 3 rings (SSSR count). The van der Waals surface area contributed by atoms with E-state index in [0.717, 1.165) is 31.1 Å². The van der Waals surface area contributed by atoms with Crippen LogP contribution in [0.25, 0.3) is 0 Å². The number of hydrogen-bond acceptors (Lipinski definition) is 8. The summed E-state index contributed by atoms with van der Waals surface area (Å²) in [5.41, 5.74) is -1.86. The van der Waals surface area contributed by atoms with Crippen molar-refractivity contribution in [2.45, 2.75) is 44.7 Å². The van der Waals surface area contributed by atoms with Crippen molar-refractivity contribution in [3.05, 3.63) is 48.3 Å². The molecule has 1 unspecified atom stereocenters. The van der Waals surface area contributed by atoms with Gasteiger partial charge in [0.15, 0.2) is 5.75 Å². The van der Waals surface area contributed by atoms with Gasteiger partial charge in [-0.05, 0) is 63.8 Å². The largest absolute Gasteiger partial charge is 0.573 e. The molecule has 1 fully saturated rings. The van der Waals surface area contributed by atoms with Crippen molar-refractivity contribution in [1.82, 2.24) is 14.8 Å². The predicted octanol–water partition coefficient (Wildman–Crippen LogP) is 3.66. The SMILES string of the molecule is CN(C)C(OC(=O)C(F)(F)F)C(=O)Nc1cc(N2C(=O)N(Cc3ccncc3)C(C)(C)C2=O)ccc1OC(F)(F)F. The van der Waals surface area contributed by atoms with E-state index in [4.69, 9.17) is 0 Å². The van der Waals surface area contributed by atoms with Crippen molar-refractivity contribution in [2.75, 3.05) is 24.3 Å². The van der Waals surface area contributed by atoms with Crippen LogP contribution in [0.2, 0.25) is 0 Å². The van der Waals surface area contributed by atoms with Gasteiger partial charge in [0.25, 0.3) is 11.8 Å². The van der Waals surface area contributed by atoms with E-state index in [1.807, 2.05) is 5.32 Å². The number of carbonyl (C=O) groups is 4. The first-order chi connectivity index (χ1) is 18.8. The quantitative estimate of drug-likeness (QED) is 0.214. The smallest absolute Gasteiger partial charge is 0.430 e. The number of amides is 4. The molecule has 0 radical (unpaired) electrons. The molecule has 41 heavy (non-hydrogen) atoms. The van der Waals surface area contributed by atoms with E-state index in [2.05, 4.69) is 14.5 Å². The van der Waals surface area contributed by atoms with Gasteiger partial charge < -0.3 is 19.7 Å². The highest BCUT2D eigenvalue weighted by molar-refractivity contribution is 6.23. The van der Waals surface area contributed by atoms with E-state index in [1.54, 1.807) is 12.1 Å². The molecule has 1 aromatic carbocycles. The third kappa shape index (κ3) is 7.03. The number of imide groups is 1. The van der Waals surface area contributed by atoms with E-state index in [-0.39, 0.29) is 12.2 Å². The fraction of sp³-hybridized carbons (Fsp3) is 0.375. The van der Waals surface area contributed by atoms with Crippen LogP contribution in [0.4, 0.5) is 42.5 Å². The summed E-state index contributed by atoms with van der Waals surface area (Å²) in [6.45, 7) is 2.88. The van der Waals surface area contributed by atoms with Crippen LogP contribution in [-0.4, -0.2) is 77.0 Å². The molecule has 0 saturated carbocycles. The van der Waals surface area contributed by atoms with Crippen molar-refractivity contribution >= 4 is 35.2 Å². The van der Waals surface area contributed by atoms with Gasteiger partial charge in [0.05, 0.1) is 11.4 Å². The molecular formula is C24H23F6N5O6. The summed E-state index contributed by atoms with van der Waals surface area (Å²) in [6.07, 6.45) is -10.0. The summed E-state index contributed by atoms with van der Waals surface area (Å²) >= 11 is 0. The number of benzene rings is 1. The van der Waals surface area contributed by atoms with Crippen molar-refractivity contribution in [1.29, 1.82) is 0 Å². The zero-order valence-corrected chi connectivity index (χ0v) is 21.8. The topological polar surface area (TPSA) is 121 Å². The Morgan fingerprint density at radius 3 is 2.20 bits per heavy atom. The zero-order chi connectivity index (χ0) is 30.9. The molecule has 0 spiro atoms. The molecule has 17 heteroatoms. The fourth-order valence-electron chi connectivity index (χ4n) is 3.72. The first kappa shape index (κ1) is 31.1. The molecule has 2 heterocycles. The van der Waals surface area contributed by atoms with Crippen LogP contribution in [0.15, 0.2) is 42.7 Å². The number of ether oxygens (including phenoxy) is 2. The van der Waals surface area contributed by atoms with Gasteiger partial charge in [-0.25, -0.2) is 14.5 Å². The first-order valence-corrected chi connectivity index (χ1v) is 11.5. The van der Waals surface area contributed by atoms with Crippen molar-refractivity contribution in [2.24, 2.45) is 0 Å². The summed E-state index contributed by atoms with van der Waals surface area (Å²) in [5, 5.41) is 1.92. The number of hydrogen-bond donors (Lipinski definition) is 1. The average molecular weight is 591 g/mol. The minimum Gasteiger partial charge on any atom is -0.430 e. The molecule has 1 atom stereocenters. The fourth-order valence-corrected chi connectivity index (χ4v) is 3.72. The van der Waals surface area contributed by atoms with Crippen LogP contribution in [0, 0.1) is 0 Å². The van der Waals surface area contributed by atoms with Crippen molar-refractivity contribution < 1.29 is 55.0 Å². The molecular weight excluding hydrogens is 568 g/mol. The molecule has 0 bridgehead atoms. The summed E-state index contributed by atoms with van der Waals surface area (Å²) in [5.74, 6) is -6.00. The second-order valence-corrected chi connectivity index (χ2v) is 9.36. The lowest BCUT2D eigenvalue weighted by atomic mass is 10.0.